The van der Waals surface area contributed by atoms with E-state index in [1.807, 2.05) is 0 Å². The van der Waals surface area contributed by atoms with Gasteiger partial charge in [0.25, 0.3) is 0 Å². The van der Waals surface area contributed by atoms with Crippen molar-refractivity contribution in [3.05, 3.63) is 24.4 Å². The summed E-state index contributed by atoms with van der Waals surface area (Å²) in [5.41, 5.74) is -0.208. The molecule has 1 fully saturated rings. The van der Waals surface area contributed by atoms with Crippen molar-refractivity contribution >= 4 is 0 Å². The Kier molecular flexibility index (Phi) is 2.36. The average Bonchev–Trinajstić information content (AvgIpc) is 2.99. The maximum atomic E-state index is 5.30. The van der Waals surface area contributed by atoms with Gasteiger partial charge >= 0.3 is 0 Å². The van der Waals surface area contributed by atoms with Crippen molar-refractivity contribution in [1.29, 1.82) is 0 Å². The maximum Gasteiger partial charge on any atom is 0.247 e. The minimum Gasteiger partial charge on any atom is -0.337 e. The van der Waals surface area contributed by atoms with E-state index < -0.39 is 0 Å². The molecule has 6 heteroatoms. The van der Waals surface area contributed by atoms with E-state index in [-0.39, 0.29) is 5.54 Å². The second kappa shape index (κ2) is 3.89. The Morgan fingerprint density at radius 3 is 2.82 bits per heavy atom. The standard InChI is InChI=1S/C11H13N5O/c1-11(4-2-7-14-11)10-15-9(16-17-10)8-12-5-3-6-13-8/h3,5-6,14H,2,4,7H2,1H3. The van der Waals surface area contributed by atoms with Crippen LogP contribution in [0.5, 0.6) is 0 Å². The lowest BCUT2D eigenvalue weighted by molar-refractivity contribution is 0.275. The van der Waals surface area contributed by atoms with E-state index in [4.69, 9.17) is 4.52 Å². The molecule has 2 aromatic rings. The molecule has 0 aromatic carbocycles. The Hall–Kier alpha value is -1.82. The Morgan fingerprint density at radius 1 is 1.29 bits per heavy atom. The van der Waals surface area contributed by atoms with E-state index in [2.05, 4.69) is 32.3 Å². The molecule has 1 aliphatic rings. The molecule has 1 N–H and O–H groups in total. The lowest BCUT2D eigenvalue weighted by Crippen LogP contribution is -2.33. The first-order valence-corrected chi connectivity index (χ1v) is 5.64. The minimum absolute atomic E-state index is 0.208. The van der Waals surface area contributed by atoms with Crippen LogP contribution in [0.3, 0.4) is 0 Å². The second-order valence-corrected chi connectivity index (χ2v) is 4.36. The van der Waals surface area contributed by atoms with Crippen molar-refractivity contribution in [2.24, 2.45) is 0 Å². The van der Waals surface area contributed by atoms with E-state index in [0.717, 1.165) is 19.4 Å². The molecule has 88 valence electrons. The van der Waals surface area contributed by atoms with Crippen molar-refractivity contribution in [3.63, 3.8) is 0 Å². The Labute approximate surface area is 98.5 Å². The van der Waals surface area contributed by atoms with E-state index in [1.54, 1.807) is 18.5 Å². The molecule has 0 saturated carbocycles. The highest BCUT2D eigenvalue weighted by molar-refractivity contribution is 5.40. The summed E-state index contributed by atoms with van der Waals surface area (Å²) in [6.07, 6.45) is 5.45. The highest BCUT2D eigenvalue weighted by atomic mass is 16.5. The molecule has 0 amide bonds. The highest BCUT2D eigenvalue weighted by Crippen LogP contribution is 2.29. The Balaban J connectivity index is 1.93. The van der Waals surface area contributed by atoms with Gasteiger partial charge in [0.1, 0.15) is 0 Å². The SMILES string of the molecule is CC1(c2nc(-c3ncccn3)no2)CCCN1. The molecular weight excluding hydrogens is 218 g/mol. The van der Waals surface area contributed by atoms with Gasteiger partial charge in [-0.15, -0.1) is 0 Å². The van der Waals surface area contributed by atoms with Crippen molar-refractivity contribution < 1.29 is 4.52 Å². The molecule has 0 bridgehead atoms. The van der Waals surface area contributed by atoms with Crippen LogP contribution >= 0.6 is 0 Å². The summed E-state index contributed by atoms with van der Waals surface area (Å²) in [6.45, 7) is 3.05. The predicted octanol–water partition coefficient (Wildman–Crippen LogP) is 1.13. The molecule has 1 unspecified atom stereocenters. The molecule has 1 atom stereocenters. The third-order valence-electron chi connectivity index (χ3n) is 3.03. The molecule has 17 heavy (non-hydrogen) atoms. The zero-order valence-corrected chi connectivity index (χ0v) is 9.55. The van der Waals surface area contributed by atoms with Crippen LogP contribution in [0.4, 0.5) is 0 Å². The van der Waals surface area contributed by atoms with Gasteiger partial charge < -0.3 is 9.84 Å². The van der Waals surface area contributed by atoms with E-state index in [9.17, 15) is 0 Å². The molecule has 6 nitrogen and oxygen atoms in total. The first-order chi connectivity index (χ1) is 8.28. The summed E-state index contributed by atoms with van der Waals surface area (Å²) in [6, 6.07) is 1.75. The highest BCUT2D eigenvalue weighted by Gasteiger charge is 2.35. The molecule has 0 aliphatic carbocycles. The minimum atomic E-state index is -0.208. The van der Waals surface area contributed by atoms with Gasteiger partial charge in [0.15, 0.2) is 0 Å². The van der Waals surface area contributed by atoms with Crippen LogP contribution in [-0.4, -0.2) is 26.7 Å². The lowest BCUT2D eigenvalue weighted by atomic mass is 10.0. The summed E-state index contributed by atoms with van der Waals surface area (Å²) in [5, 5.41) is 7.30. The Morgan fingerprint density at radius 2 is 2.12 bits per heavy atom. The van der Waals surface area contributed by atoms with Gasteiger partial charge in [-0.1, -0.05) is 5.16 Å². The monoisotopic (exact) mass is 231 g/mol. The molecule has 0 radical (unpaired) electrons. The second-order valence-electron chi connectivity index (χ2n) is 4.36. The predicted molar refractivity (Wildman–Crippen MR) is 59.9 cm³/mol. The van der Waals surface area contributed by atoms with Crippen LogP contribution in [0.2, 0.25) is 0 Å². The number of nitrogens with one attached hydrogen (secondary N) is 1. The Bertz CT molecular complexity index is 504. The van der Waals surface area contributed by atoms with Crippen LogP contribution in [0.1, 0.15) is 25.7 Å². The quantitative estimate of drug-likeness (QED) is 0.834. The van der Waals surface area contributed by atoms with Gasteiger partial charge in [-0.3, -0.25) is 0 Å². The van der Waals surface area contributed by atoms with E-state index in [0.29, 0.717) is 17.5 Å². The van der Waals surface area contributed by atoms with Crippen LogP contribution in [0.25, 0.3) is 11.6 Å². The normalized spacial score (nSPS) is 24.1. The number of aromatic nitrogens is 4. The number of nitrogens with zero attached hydrogens (tertiary/aromatic N) is 4. The van der Waals surface area contributed by atoms with Crippen LogP contribution < -0.4 is 5.32 Å². The first kappa shape index (κ1) is 10.3. The number of rotatable bonds is 2. The first-order valence-electron chi connectivity index (χ1n) is 5.64. The largest absolute Gasteiger partial charge is 0.337 e. The molecule has 3 rings (SSSR count). The maximum absolute atomic E-state index is 5.30. The third-order valence-corrected chi connectivity index (χ3v) is 3.03. The van der Waals surface area contributed by atoms with Crippen molar-refractivity contribution in [2.75, 3.05) is 6.54 Å². The summed E-state index contributed by atoms with van der Waals surface area (Å²) in [7, 11) is 0. The molecule has 3 heterocycles. The van der Waals surface area contributed by atoms with E-state index >= 15 is 0 Å². The van der Waals surface area contributed by atoms with Crippen LogP contribution in [-0.2, 0) is 5.54 Å². The smallest absolute Gasteiger partial charge is 0.247 e. The topological polar surface area (TPSA) is 76.7 Å². The summed E-state index contributed by atoms with van der Waals surface area (Å²) in [5.74, 6) is 1.54. The fourth-order valence-corrected chi connectivity index (χ4v) is 2.03. The van der Waals surface area contributed by atoms with Gasteiger partial charge in [0.2, 0.25) is 17.5 Å². The third kappa shape index (κ3) is 1.80. The van der Waals surface area contributed by atoms with Crippen LogP contribution in [0, 0.1) is 0 Å². The lowest BCUT2D eigenvalue weighted by Gasteiger charge is -2.18. The number of hydrogen-bond acceptors (Lipinski definition) is 6. The average molecular weight is 231 g/mol. The van der Waals surface area contributed by atoms with Crippen LogP contribution in [0.15, 0.2) is 23.0 Å². The van der Waals surface area contributed by atoms with Crippen molar-refractivity contribution in [2.45, 2.75) is 25.3 Å². The van der Waals surface area contributed by atoms with Gasteiger partial charge in [-0.2, -0.15) is 4.98 Å². The zero-order chi connectivity index (χ0) is 11.7. The molecule has 0 spiro atoms. The van der Waals surface area contributed by atoms with Gasteiger partial charge in [0.05, 0.1) is 5.54 Å². The van der Waals surface area contributed by atoms with Crippen molar-refractivity contribution in [1.82, 2.24) is 25.4 Å². The van der Waals surface area contributed by atoms with Gasteiger partial charge in [-0.25, -0.2) is 9.97 Å². The van der Waals surface area contributed by atoms with Gasteiger partial charge in [-0.05, 0) is 32.4 Å². The summed E-state index contributed by atoms with van der Waals surface area (Å²) in [4.78, 5) is 12.6. The fourth-order valence-electron chi connectivity index (χ4n) is 2.03. The van der Waals surface area contributed by atoms with Gasteiger partial charge in [0, 0.05) is 12.4 Å². The zero-order valence-electron chi connectivity index (χ0n) is 9.55. The van der Waals surface area contributed by atoms with E-state index in [1.165, 1.54) is 0 Å². The number of hydrogen-bond donors (Lipinski definition) is 1. The molecule has 2 aromatic heterocycles. The molecular formula is C11H13N5O. The molecule has 1 aliphatic heterocycles. The summed E-state index contributed by atoms with van der Waals surface area (Å²) >= 11 is 0. The fraction of sp³-hybridized carbons (Fsp3) is 0.455. The molecule has 1 saturated heterocycles. The summed E-state index contributed by atoms with van der Waals surface area (Å²) < 4.78 is 5.30. The van der Waals surface area contributed by atoms with Crippen molar-refractivity contribution in [3.8, 4) is 11.6 Å².